The molecule has 6 fully saturated rings. The Labute approximate surface area is 81.1 Å². The summed E-state index contributed by atoms with van der Waals surface area (Å²) >= 11 is 0. The van der Waals surface area contributed by atoms with E-state index in [1.54, 1.807) is 44.9 Å². The number of fused-ring (bicyclic) bond motifs is 1. The summed E-state index contributed by atoms with van der Waals surface area (Å²) < 4.78 is 0. The van der Waals surface area contributed by atoms with Gasteiger partial charge in [-0.2, -0.15) is 0 Å². The molecule has 0 heterocycles. The van der Waals surface area contributed by atoms with Crippen molar-refractivity contribution in [2.24, 2.45) is 35.5 Å². The van der Waals surface area contributed by atoms with Crippen molar-refractivity contribution in [3.05, 3.63) is 0 Å². The average Bonchev–Trinajstić information content (AvgIpc) is 2.79. The van der Waals surface area contributed by atoms with E-state index in [-0.39, 0.29) is 0 Å². The van der Waals surface area contributed by atoms with E-state index in [2.05, 4.69) is 0 Å². The molecule has 6 atom stereocenters. The third-order valence-corrected chi connectivity index (χ3v) is 5.67. The highest BCUT2D eigenvalue weighted by molar-refractivity contribution is 5.01. The van der Waals surface area contributed by atoms with Crippen molar-refractivity contribution in [2.75, 3.05) is 0 Å². The summed E-state index contributed by atoms with van der Waals surface area (Å²) in [6.07, 6.45) is 11.3. The lowest BCUT2D eigenvalue weighted by atomic mass is 9.56. The van der Waals surface area contributed by atoms with E-state index in [1.807, 2.05) is 0 Å². The molecule has 0 N–H and O–H groups in total. The normalized spacial score (nSPS) is 62.8. The van der Waals surface area contributed by atoms with Crippen LogP contribution in [-0.2, 0) is 0 Å². The molecule has 0 amide bonds. The first-order valence-electron chi connectivity index (χ1n) is 6.40. The van der Waals surface area contributed by atoms with Crippen molar-refractivity contribution >= 4 is 0 Å². The summed E-state index contributed by atoms with van der Waals surface area (Å²) in [6.45, 7) is 0. The van der Waals surface area contributed by atoms with E-state index < -0.39 is 0 Å². The van der Waals surface area contributed by atoms with Gasteiger partial charge in [0.15, 0.2) is 0 Å². The molecule has 0 aromatic rings. The quantitative estimate of drug-likeness (QED) is 0.530. The molecule has 6 saturated carbocycles. The van der Waals surface area contributed by atoms with Gasteiger partial charge in [-0.05, 0) is 74.0 Å². The molecule has 13 heavy (non-hydrogen) atoms. The van der Waals surface area contributed by atoms with Gasteiger partial charge in [-0.15, -0.1) is 0 Å². The van der Waals surface area contributed by atoms with Gasteiger partial charge in [0.25, 0.3) is 0 Å². The van der Waals surface area contributed by atoms with Crippen LogP contribution in [0, 0.1) is 35.5 Å². The Hall–Kier alpha value is 0. The fourth-order valence-electron chi connectivity index (χ4n) is 4.83. The molecule has 0 aliphatic heterocycles. The minimum Gasteiger partial charge on any atom is -0.0501 e. The second-order valence-corrected chi connectivity index (χ2v) is 6.33. The molecule has 0 spiro atoms. The highest BCUT2D eigenvalue weighted by atomic mass is 14.6. The first-order valence-corrected chi connectivity index (χ1v) is 6.40. The molecule has 0 aromatic carbocycles. The Bertz CT molecular complexity index is 219. The lowest BCUT2D eigenvalue weighted by molar-refractivity contribution is 0.00365. The maximum absolute atomic E-state index is 1.64. The van der Waals surface area contributed by atoms with Gasteiger partial charge in [-0.3, -0.25) is 0 Å². The Morgan fingerprint density at radius 2 is 1.15 bits per heavy atom. The fourth-order valence-corrected chi connectivity index (χ4v) is 4.83. The smallest absolute Gasteiger partial charge is 0.0357 e. The Balaban J connectivity index is 1.63. The molecule has 0 heteroatoms. The van der Waals surface area contributed by atoms with Gasteiger partial charge in [0.2, 0.25) is 0 Å². The van der Waals surface area contributed by atoms with Crippen LogP contribution in [-0.4, -0.2) is 0 Å². The van der Waals surface area contributed by atoms with Gasteiger partial charge in [0.1, 0.15) is 0 Å². The molecule has 6 rings (SSSR count). The van der Waals surface area contributed by atoms with Gasteiger partial charge in [0.05, 0.1) is 0 Å². The van der Waals surface area contributed by atoms with Crippen molar-refractivity contribution in [1.82, 2.24) is 0 Å². The van der Waals surface area contributed by atoms with Crippen LogP contribution >= 0.6 is 0 Å². The van der Waals surface area contributed by atoms with Crippen molar-refractivity contribution in [1.29, 1.82) is 0 Å². The largest absolute Gasteiger partial charge is 0.0501 e. The minimum absolute atomic E-state index is 1.16. The molecule has 6 aliphatic rings. The third-order valence-electron chi connectivity index (χ3n) is 5.67. The predicted molar refractivity (Wildman–Crippen MR) is 53.3 cm³/mol. The monoisotopic (exact) mass is 176 g/mol. The molecule has 0 saturated heterocycles. The van der Waals surface area contributed by atoms with E-state index in [0.29, 0.717) is 0 Å². The van der Waals surface area contributed by atoms with Gasteiger partial charge in [-0.1, -0.05) is 6.42 Å². The van der Waals surface area contributed by atoms with E-state index in [0.717, 1.165) is 5.92 Å². The number of hydrogen-bond acceptors (Lipinski definition) is 0. The summed E-state index contributed by atoms with van der Waals surface area (Å²) in [4.78, 5) is 0. The first-order chi connectivity index (χ1) is 6.40. The van der Waals surface area contributed by atoms with Crippen LogP contribution < -0.4 is 0 Å². The molecular weight excluding hydrogens is 156 g/mol. The third kappa shape index (κ3) is 0.980. The molecule has 0 radical (unpaired) electrons. The zero-order valence-corrected chi connectivity index (χ0v) is 8.41. The van der Waals surface area contributed by atoms with Gasteiger partial charge < -0.3 is 0 Å². The maximum atomic E-state index is 1.64. The molecular formula is C13H20. The summed E-state index contributed by atoms with van der Waals surface area (Å²) in [6, 6.07) is 0. The summed E-state index contributed by atoms with van der Waals surface area (Å²) in [5.41, 5.74) is 0. The summed E-state index contributed by atoms with van der Waals surface area (Å²) in [7, 11) is 0. The zero-order chi connectivity index (χ0) is 8.41. The lowest BCUT2D eigenvalue weighted by Gasteiger charge is -2.50. The van der Waals surface area contributed by atoms with Crippen LogP contribution in [0.5, 0.6) is 0 Å². The SMILES string of the molecule is C1CC2C3CC1CC1CC1CC2C3. The van der Waals surface area contributed by atoms with Gasteiger partial charge >= 0.3 is 0 Å². The second-order valence-electron chi connectivity index (χ2n) is 6.33. The van der Waals surface area contributed by atoms with Gasteiger partial charge in [-0.25, -0.2) is 0 Å². The lowest BCUT2D eigenvalue weighted by Crippen LogP contribution is -2.40. The molecule has 6 unspecified atom stereocenters. The van der Waals surface area contributed by atoms with Gasteiger partial charge in [0, 0.05) is 0 Å². The van der Waals surface area contributed by atoms with Crippen LogP contribution in [0.1, 0.15) is 44.9 Å². The average molecular weight is 176 g/mol. The van der Waals surface area contributed by atoms with Crippen LogP contribution in [0.4, 0.5) is 0 Å². The highest BCUT2D eigenvalue weighted by Gasteiger charge is 2.51. The zero-order valence-electron chi connectivity index (χ0n) is 8.41. The first kappa shape index (κ1) is 7.31. The standard InChI is InChI=1S/C13H20/c1-2-13-11-4-8(1)3-9-5-10(9)6-12(13)7-11/h8-13H,1-7H2. The summed E-state index contributed by atoms with van der Waals surface area (Å²) in [5.74, 6) is 7.15. The van der Waals surface area contributed by atoms with E-state index in [9.17, 15) is 0 Å². The highest BCUT2D eigenvalue weighted by Crippen LogP contribution is 2.61. The molecule has 0 aromatic heterocycles. The van der Waals surface area contributed by atoms with E-state index >= 15 is 0 Å². The second kappa shape index (κ2) is 2.32. The Kier molecular flexibility index (Phi) is 1.31. The number of hydrogen-bond donors (Lipinski definition) is 0. The van der Waals surface area contributed by atoms with Crippen LogP contribution in [0.2, 0.25) is 0 Å². The van der Waals surface area contributed by atoms with Crippen molar-refractivity contribution in [2.45, 2.75) is 44.9 Å². The van der Waals surface area contributed by atoms with Crippen molar-refractivity contribution < 1.29 is 0 Å². The van der Waals surface area contributed by atoms with Crippen LogP contribution in [0.3, 0.4) is 0 Å². The predicted octanol–water partition coefficient (Wildman–Crippen LogP) is 3.47. The van der Waals surface area contributed by atoms with E-state index in [4.69, 9.17) is 0 Å². The van der Waals surface area contributed by atoms with E-state index in [1.165, 1.54) is 29.6 Å². The topological polar surface area (TPSA) is 0 Å². The minimum atomic E-state index is 1.16. The maximum Gasteiger partial charge on any atom is -0.0357 e. The number of rotatable bonds is 0. The molecule has 6 aliphatic carbocycles. The van der Waals surface area contributed by atoms with Crippen molar-refractivity contribution in [3.8, 4) is 0 Å². The van der Waals surface area contributed by atoms with Crippen LogP contribution in [0.15, 0.2) is 0 Å². The summed E-state index contributed by atoms with van der Waals surface area (Å²) in [5, 5.41) is 0. The Morgan fingerprint density at radius 3 is 2.08 bits per heavy atom. The van der Waals surface area contributed by atoms with Crippen molar-refractivity contribution in [3.63, 3.8) is 0 Å². The van der Waals surface area contributed by atoms with Crippen LogP contribution in [0.25, 0.3) is 0 Å². The molecule has 4 bridgehead atoms. The molecule has 72 valence electrons. The fraction of sp³-hybridized carbons (Fsp3) is 1.00. The molecule has 0 nitrogen and oxygen atoms in total. The Morgan fingerprint density at radius 1 is 0.538 bits per heavy atom.